The first-order valence-corrected chi connectivity index (χ1v) is 5.57. The van der Waals surface area contributed by atoms with Crippen molar-refractivity contribution in [3.63, 3.8) is 0 Å². The third kappa shape index (κ3) is 2.88. The van der Waals surface area contributed by atoms with Crippen molar-refractivity contribution in [1.29, 1.82) is 5.26 Å². The SMILES string of the molecule is N#Cc1ccc(NC(=O)c2ccnc(NN)c2)c(F)c1. The second kappa shape index (κ2) is 5.77. The van der Waals surface area contributed by atoms with Gasteiger partial charge in [-0.1, -0.05) is 0 Å². The van der Waals surface area contributed by atoms with Crippen LogP contribution in [0.1, 0.15) is 15.9 Å². The van der Waals surface area contributed by atoms with Gasteiger partial charge in [-0.15, -0.1) is 0 Å². The molecule has 1 amide bonds. The van der Waals surface area contributed by atoms with Crippen molar-refractivity contribution in [3.05, 3.63) is 53.5 Å². The molecule has 20 heavy (non-hydrogen) atoms. The number of nitrogens with one attached hydrogen (secondary N) is 2. The number of amides is 1. The molecule has 0 bridgehead atoms. The van der Waals surface area contributed by atoms with E-state index in [-0.39, 0.29) is 16.8 Å². The van der Waals surface area contributed by atoms with Gasteiger partial charge in [-0.2, -0.15) is 5.26 Å². The average molecular weight is 271 g/mol. The van der Waals surface area contributed by atoms with E-state index in [1.54, 1.807) is 0 Å². The quantitative estimate of drug-likeness (QED) is 0.581. The maximum Gasteiger partial charge on any atom is 0.255 e. The van der Waals surface area contributed by atoms with Gasteiger partial charge in [0.2, 0.25) is 0 Å². The lowest BCUT2D eigenvalue weighted by Crippen LogP contribution is -2.15. The summed E-state index contributed by atoms with van der Waals surface area (Å²) in [5.41, 5.74) is 2.76. The van der Waals surface area contributed by atoms with Crippen LogP contribution in [0.3, 0.4) is 0 Å². The highest BCUT2D eigenvalue weighted by atomic mass is 19.1. The van der Waals surface area contributed by atoms with E-state index in [1.165, 1.54) is 30.5 Å². The lowest BCUT2D eigenvalue weighted by atomic mass is 10.2. The molecule has 1 aromatic carbocycles. The number of nitrogen functional groups attached to an aromatic ring is 1. The number of carbonyl (C=O) groups excluding carboxylic acids is 1. The Balaban J connectivity index is 2.21. The first kappa shape index (κ1) is 13.5. The summed E-state index contributed by atoms with van der Waals surface area (Å²) in [5, 5.41) is 11.1. The zero-order valence-corrected chi connectivity index (χ0v) is 10.2. The maximum atomic E-state index is 13.6. The summed E-state index contributed by atoms with van der Waals surface area (Å²) in [6, 6.07) is 8.50. The van der Waals surface area contributed by atoms with Gasteiger partial charge in [-0.25, -0.2) is 15.2 Å². The minimum absolute atomic E-state index is 0.00642. The van der Waals surface area contributed by atoms with E-state index in [0.717, 1.165) is 6.07 Å². The standard InChI is InChI=1S/C13H10FN5O/c14-10-5-8(7-15)1-2-11(10)18-13(20)9-3-4-17-12(6-9)19-16/h1-6H,16H2,(H,17,19)(H,18,20). The molecule has 0 spiro atoms. The van der Waals surface area contributed by atoms with Crippen LogP contribution in [0.25, 0.3) is 0 Å². The summed E-state index contributed by atoms with van der Waals surface area (Å²) in [4.78, 5) is 15.8. The number of benzene rings is 1. The van der Waals surface area contributed by atoms with Crippen molar-refractivity contribution in [1.82, 2.24) is 4.98 Å². The largest absolute Gasteiger partial charge is 0.319 e. The first-order valence-electron chi connectivity index (χ1n) is 5.57. The van der Waals surface area contributed by atoms with Crippen molar-refractivity contribution < 1.29 is 9.18 Å². The van der Waals surface area contributed by atoms with Crippen molar-refractivity contribution in [2.45, 2.75) is 0 Å². The molecule has 0 atom stereocenters. The molecule has 1 aromatic heterocycles. The van der Waals surface area contributed by atoms with Crippen LogP contribution in [0.5, 0.6) is 0 Å². The molecule has 0 radical (unpaired) electrons. The molecule has 2 rings (SSSR count). The van der Waals surface area contributed by atoms with Gasteiger partial charge < -0.3 is 10.7 Å². The molecular weight excluding hydrogens is 261 g/mol. The number of nitrogens with two attached hydrogens (primary N) is 1. The van der Waals surface area contributed by atoms with Crippen molar-refractivity contribution in [2.24, 2.45) is 5.84 Å². The normalized spacial score (nSPS) is 9.65. The van der Waals surface area contributed by atoms with E-state index in [2.05, 4.69) is 15.7 Å². The Morgan fingerprint density at radius 3 is 2.80 bits per heavy atom. The fourth-order valence-corrected chi connectivity index (χ4v) is 1.53. The second-order valence-corrected chi connectivity index (χ2v) is 3.83. The number of nitriles is 1. The molecule has 6 nitrogen and oxygen atoms in total. The second-order valence-electron chi connectivity index (χ2n) is 3.83. The predicted octanol–water partition coefficient (Wildman–Crippen LogP) is 1.63. The van der Waals surface area contributed by atoms with E-state index in [0.29, 0.717) is 5.82 Å². The summed E-state index contributed by atoms with van der Waals surface area (Å²) < 4.78 is 13.6. The fourth-order valence-electron chi connectivity index (χ4n) is 1.53. The smallest absolute Gasteiger partial charge is 0.255 e. The third-order valence-electron chi connectivity index (χ3n) is 2.52. The number of nitrogens with zero attached hydrogens (tertiary/aromatic N) is 2. The predicted molar refractivity (Wildman–Crippen MR) is 71.1 cm³/mol. The highest BCUT2D eigenvalue weighted by Gasteiger charge is 2.10. The summed E-state index contributed by atoms with van der Waals surface area (Å²) in [6.45, 7) is 0. The van der Waals surface area contributed by atoms with Crippen LogP contribution in [0, 0.1) is 17.1 Å². The van der Waals surface area contributed by atoms with Gasteiger partial charge in [0.15, 0.2) is 0 Å². The van der Waals surface area contributed by atoms with Crippen LogP contribution >= 0.6 is 0 Å². The number of aromatic nitrogens is 1. The lowest BCUT2D eigenvalue weighted by molar-refractivity contribution is 0.102. The molecular formula is C13H10FN5O. The number of carbonyl (C=O) groups is 1. The van der Waals surface area contributed by atoms with Gasteiger partial charge in [0, 0.05) is 11.8 Å². The summed E-state index contributed by atoms with van der Waals surface area (Å²) >= 11 is 0. The Labute approximate surface area is 114 Å². The Bertz CT molecular complexity index is 695. The summed E-state index contributed by atoms with van der Waals surface area (Å²) in [7, 11) is 0. The number of anilines is 2. The van der Waals surface area contributed by atoms with Gasteiger partial charge in [0.1, 0.15) is 11.6 Å². The van der Waals surface area contributed by atoms with Crippen LogP contribution in [0.4, 0.5) is 15.9 Å². The highest BCUT2D eigenvalue weighted by molar-refractivity contribution is 6.04. The third-order valence-corrected chi connectivity index (χ3v) is 2.52. The molecule has 2 aromatic rings. The number of hydrazine groups is 1. The average Bonchev–Trinajstić information content (AvgIpc) is 2.49. The van der Waals surface area contributed by atoms with E-state index < -0.39 is 11.7 Å². The number of rotatable bonds is 3. The highest BCUT2D eigenvalue weighted by Crippen LogP contribution is 2.17. The zero-order valence-electron chi connectivity index (χ0n) is 10.2. The topological polar surface area (TPSA) is 104 Å². The van der Waals surface area contributed by atoms with Gasteiger partial charge in [0.25, 0.3) is 5.91 Å². The Morgan fingerprint density at radius 1 is 1.35 bits per heavy atom. The molecule has 0 saturated carbocycles. The monoisotopic (exact) mass is 271 g/mol. The molecule has 0 saturated heterocycles. The van der Waals surface area contributed by atoms with Crippen molar-refractivity contribution in [2.75, 3.05) is 10.7 Å². The first-order chi connectivity index (χ1) is 9.63. The summed E-state index contributed by atoms with van der Waals surface area (Å²) in [6.07, 6.45) is 1.40. The van der Waals surface area contributed by atoms with Crippen LogP contribution in [-0.2, 0) is 0 Å². The van der Waals surface area contributed by atoms with Crippen LogP contribution in [0.15, 0.2) is 36.5 Å². The van der Waals surface area contributed by atoms with Crippen molar-refractivity contribution >= 4 is 17.4 Å². The molecule has 7 heteroatoms. The van der Waals surface area contributed by atoms with Crippen LogP contribution in [-0.4, -0.2) is 10.9 Å². The van der Waals surface area contributed by atoms with Crippen LogP contribution in [0.2, 0.25) is 0 Å². The van der Waals surface area contributed by atoms with E-state index in [1.807, 2.05) is 6.07 Å². The molecule has 100 valence electrons. The van der Waals surface area contributed by atoms with Crippen LogP contribution < -0.4 is 16.6 Å². The number of hydrogen-bond donors (Lipinski definition) is 3. The van der Waals surface area contributed by atoms with E-state index >= 15 is 0 Å². The summed E-state index contributed by atoms with van der Waals surface area (Å²) in [5.74, 6) is 4.33. The number of halogens is 1. The Morgan fingerprint density at radius 2 is 2.15 bits per heavy atom. The van der Waals surface area contributed by atoms with E-state index in [4.69, 9.17) is 11.1 Å². The maximum absolute atomic E-state index is 13.6. The van der Waals surface area contributed by atoms with E-state index in [9.17, 15) is 9.18 Å². The number of hydrogen-bond acceptors (Lipinski definition) is 5. The molecule has 0 unspecified atom stereocenters. The molecule has 0 aliphatic carbocycles. The zero-order chi connectivity index (χ0) is 14.5. The molecule has 0 fully saturated rings. The number of pyridine rings is 1. The molecule has 1 heterocycles. The lowest BCUT2D eigenvalue weighted by Gasteiger charge is -2.07. The van der Waals surface area contributed by atoms with Gasteiger partial charge in [-0.3, -0.25) is 4.79 Å². The Kier molecular flexibility index (Phi) is 3.88. The van der Waals surface area contributed by atoms with Crippen molar-refractivity contribution in [3.8, 4) is 6.07 Å². The molecule has 4 N–H and O–H groups in total. The Hall–Kier alpha value is -2.98. The van der Waals surface area contributed by atoms with Gasteiger partial charge >= 0.3 is 0 Å². The minimum Gasteiger partial charge on any atom is -0.319 e. The fraction of sp³-hybridized carbons (Fsp3) is 0. The molecule has 0 aliphatic rings. The van der Waals surface area contributed by atoms with Gasteiger partial charge in [-0.05, 0) is 30.3 Å². The van der Waals surface area contributed by atoms with Gasteiger partial charge in [0.05, 0.1) is 17.3 Å². The molecule has 0 aliphatic heterocycles. The minimum atomic E-state index is -0.677.